The number of benzene rings is 2. The molecule has 1 aliphatic rings. The largest absolute Gasteiger partial charge is 0.393 e. The summed E-state index contributed by atoms with van der Waals surface area (Å²) in [5.74, 6) is 0.465. The van der Waals surface area contributed by atoms with Crippen LogP contribution in [0.1, 0.15) is 42.1 Å². The number of thioether (sulfide) groups is 1. The summed E-state index contributed by atoms with van der Waals surface area (Å²) in [4.78, 5) is 12.4. The molecule has 0 aromatic heterocycles. The molecule has 1 atom stereocenters. The second-order valence-electron chi connectivity index (χ2n) is 6.73. The highest BCUT2D eigenvalue weighted by atomic mass is 35.5. The third-order valence-electron chi connectivity index (χ3n) is 4.72. The van der Waals surface area contributed by atoms with Gasteiger partial charge < -0.3 is 10.4 Å². The molecule has 3 nitrogen and oxygen atoms in total. The minimum atomic E-state index is -0.204. The predicted octanol–water partition coefficient (Wildman–Crippen LogP) is 4.58. The summed E-state index contributed by atoms with van der Waals surface area (Å²) >= 11 is 7.65. The van der Waals surface area contributed by atoms with Crippen LogP contribution in [-0.4, -0.2) is 28.9 Å². The van der Waals surface area contributed by atoms with Crippen molar-refractivity contribution in [2.75, 3.05) is 5.75 Å². The zero-order chi connectivity index (χ0) is 18.4. The normalized spacial score (nSPS) is 21.2. The molecule has 26 heavy (non-hydrogen) atoms. The molecule has 1 fully saturated rings. The monoisotopic (exact) mass is 389 g/mol. The Morgan fingerprint density at radius 3 is 2.31 bits per heavy atom. The highest BCUT2D eigenvalue weighted by Crippen LogP contribution is 2.36. The molecule has 2 aromatic rings. The van der Waals surface area contributed by atoms with Crippen LogP contribution in [0.25, 0.3) is 0 Å². The van der Waals surface area contributed by atoms with Gasteiger partial charge in [-0.05, 0) is 48.9 Å². The third kappa shape index (κ3) is 5.50. The Labute approximate surface area is 164 Å². The molecule has 0 aliphatic heterocycles. The number of aliphatic hydroxyl groups excluding tert-OH is 1. The number of hydrogen-bond donors (Lipinski definition) is 2. The van der Waals surface area contributed by atoms with Gasteiger partial charge in [0.25, 0.3) is 0 Å². The summed E-state index contributed by atoms with van der Waals surface area (Å²) in [6, 6.07) is 18.2. The molecule has 5 heteroatoms. The van der Waals surface area contributed by atoms with Crippen molar-refractivity contribution in [3.8, 4) is 0 Å². The Bertz CT molecular complexity index is 700. The Morgan fingerprint density at radius 2 is 1.65 bits per heavy atom. The molecule has 1 saturated carbocycles. The number of nitrogens with one attached hydrogen (secondary N) is 1. The number of carbonyl (C=O) groups is 1. The van der Waals surface area contributed by atoms with E-state index in [-0.39, 0.29) is 23.3 Å². The van der Waals surface area contributed by atoms with Gasteiger partial charge in [0.05, 0.1) is 17.1 Å². The summed E-state index contributed by atoms with van der Waals surface area (Å²) in [6.45, 7) is 0. The highest BCUT2D eigenvalue weighted by Gasteiger charge is 2.22. The van der Waals surface area contributed by atoms with E-state index in [0.29, 0.717) is 10.8 Å². The summed E-state index contributed by atoms with van der Waals surface area (Å²) in [7, 11) is 0. The molecule has 2 N–H and O–H groups in total. The first-order valence-corrected chi connectivity index (χ1v) is 10.4. The number of carbonyl (C=O) groups excluding carboxylic acids is 1. The summed E-state index contributed by atoms with van der Waals surface area (Å²) in [6.07, 6.45) is 3.06. The standard InChI is InChI=1S/C21H24ClNO2S/c22-17-8-6-16(7-9-17)21(15-4-2-1-3-5-15)26-14-20(25)23-18-10-12-19(24)13-11-18/h1-9,18-19,21,24H,10-14H2,(H,23,25). The van der Waals surface area contributed by atoms with E-state index in [1.54, 1.807) is 11.8 Å². The fourth-order valence-corrected chi connectivity index (χ4v) is 4.53. The summed E-state index contributed by atoms with van der Waals surface area (Å²) < 4.78 is 0. The molecular formula is C21H24ClNO2S. The number of rotatable bonds is 6. The Morgan fingerprint density at radius 1 is 1.04 bits per heavy atom. The molecule has 0 heterocycles. The van der Waals surface area contributed by atoms with Gasteiger partial charge in [-0.25, -0.2) is 0 Å². The van der Waals surface area contributed by atoms with Crippen LogP contribution < -0.4 is 5.32 Å². The van der Waals surface area contributed by atoms with Crippen molar-refractivity contribution in [3.63, 3.8) is 0 Å². The first-order valence-electron chi connectivity index (χ1n) is 9.01. The van der Waals surface area contributed by atoms with Crippen molar-refractivity contribution in [1.82, 2.24) is 5.32 Å². The molecule has 2 aromatic carbocycles. The predicted molar refractivity (Wildman–Crippen MR) is 109 cm³/mol. The van der Waals surface area contributed by atoms with Gasteiger partial charge in [0.15, 0.2) is 0 Å². The van der Waals surface area contributed by atoms with Crippen LogP contribution in [0.15, 0.2) is 54.6 Å². The van der Waals surface area contributed by atoms with Crippen molar-refractivity contribution < 1.29 is 9.90 Å². The molecule has 1 unspecified atom stereocenters. The lowest BCUT2D eigenvalue weighted by molar-refractivity contribution is -0.119. The molecule has 0 bridgehead atoms. The van der Waals surface area contributed by atoms with Crippen molar-refractivity contribution in [2.45, 2.75) is 43.1 Å². The first-order chi connectivity index (χ1) is 12.6. The zero-order valence-electron chi connectivity index (χ0n) is 14.6. The Balaban J connectivity index is 1.62. The molecule has 0 saturated heterocycles. The van der Waals surface area contributed by atoms with Crippen LogP contribution in [0.3, 0.4) is 0 Å². The maximum Gasteiger partial charge on any atom is 0.230 e. The van der Waals surface area contributed by atoms with Gasteiger partial charge >= 0.3 is 0 Å². The smallest absolute Gasteiger partial charge is 0.230 e. The molecule has 1 aliphatic carbocycles. The van der Waals surface area contributed by atoms with Crippen molar-refractivity contribution in [1.29, 1.82) is 0 Å². The number of halogens is 1. The van der Waals surface area contributed by atoms with Crippen molar-refractivity contribution in [3.05, 3.63) is 70.7 Å². The number of hydrogen-bond acceptors (Lipinski definition) is 3. The van der Waals surface area contributed by atoms with Gasteiger partial charge in [-0.1, -0.05) is 54.1 Å². The fourth-order valence-electron chi connectivity index (χ4n) is 3.30. The van der Waals surface area contributed by atoms with E-state index < -0.39 is 0 Å². The lowest BCUT2D eigenvalue weighted by Gasteiger charge is -2.26. The van der Waals surface area contributed by atoms with E-state index in [2.05, 4.69) is 17.4 Å². The lowest BCUT2D eigenvalue weighted by Crippen LogP contribution is -2.39. The van der Waals surface area contributed by atoms with E-state index in [4.69, 9.17) is 11.6 Å². The van der Waals surface area contributed by atoms with Crippen LogP contribution >= 0.6 is 23.4 Å². The van der Waals surface area contributed by atoms with Gasteiger partial charge in [0, 0.05) is 11.1 Å². The van der Waals surface area contributed by atoms with Gasteiger partial charge in [-0.15, -0.1) is 11.8 Å². The average Bonchev–Trinajstić information content (AvgIpc) is 2.66. The van der Waals surface area contributed by atoms with Crippen molar-refractivity contribution >= 4 is 29.3 Å². The fraction of sp³-hybridized carbons (Fsp3) is 0.381. The number of aliphatic hydroxyl groups is 1. The van der Waals surface area contributed by atoms with Crippen LogP contribution in [-0.2, 0) is 4.79 Å². The molecule has 138 valence electrons. The summed E-state index contributed by atoms with van der Waals surface area (Å²) in [5, 5.41) is 13.5. The minimum Gasteiger partial charge on any atom is -0.393 e. The van der Waals surface area contributed by atoms with Gasteiger partial charge in [-0.2, -0.15) is 0 Å². The summed E-state index contributed by atoms with van der Waals surface area (Å²) in [5.41, 5.74) is 2.31. The SMILES string of the molecule is O=C(CSC(c1ccccc1)c1ccc(Cl)cc1)NC1CCC(O)CC1. The molecule has 1 amide bonds. The van der Waals surface area contributed by atoms with Crippen LogP contribution in [0.4, 0.5) is 0 Å². The van der Waals surface area contributed by atoms with E-state index in [1.165, 1.54) is 5.56 Å². The Kier molecular flexibility index (Phi) is 7.00. The molecule has 0 radical (unpaired) electrons. The molecule has 0 spiro atoms. The van der Waals surface area contributed by atoms with Gasteiger partial charge in [0.2, 0.25) is 5.91 Å². The second kappa shape index (κ2) is 9.45. The van der Waals surface area contributed by atoms with Crippen LogP contribution in [0, 0.1) is 0 Å². The average molecular weight is 390 g/mol. The van der Waals surface area contributed by atoms with E-state index in [1.807, 2.05) is 42.5 Å². The van der Waals surface area contributed by atoms with E-state index in [0.717, 1.165) is 31.2 Å². The molecule has 3 rings (SSSR count). The zero-order valence-corrected chi connectivity index (χ0v) is 16.2. The second-order valence-corrected chi connectivity index (χ2v) is 8.26. The third-order valence-corrected chi connectivity index (χ3v) is 6.28. The highest BCUT2D eigenvalue weighted by molar-refractivity contribution is 8.00. The topological polar surface area (TPSA) is 49.3 Å². The maximum atomic E-state index is 12.4. The lowest BCUT2D eigenvalue weighted by atomic mass is 9.93. The minimum absolute atomic E-state index is 0.0614. The Hall–Kier alpha value is -1.49. The molecular weight excluding hydrogens is 366 g/mol. The van der Waals surface area contributed by atoms with E-state index in [9.17, 15) is 9.90 Å². The number of amides is 1. The van der Waals surface area contributed by atoms with Gasteiger partial charge in [-0.3, -0.25) is 4.79 Å². The quantitative estimate of drug-likeness (QED) is 0.760. The first kappa shape index (κ1) is 19.3. The van der Waals surface area contributed by atoms with E-state index >= 15 is 0 Å². The van der Waals surface area contributed by atoms with Crippen molar-refractivity contribution in [2.24, 2.45) is 0 Å². The van der Waals surface area contributed by atoms with Crippen LogP contribution in [0.5, 0.6) is 0 Å². The van der Waals surface area contributed by atoms with Gasteiger partial charge in [0.1, 0.15) is 0 Å². The maximum absolute atomic E-state index is 12.4. The van der Waals surface area contributed by atoms with Crippen LogP contribution in [0.2, 0.25) is 5.02 Å².